The molecule has 0 aromatic rings. The van der Waals surface area contributed by atoms with Crippen LogP contribution in [0, 0.1) is 22.2 Å². The van der Waals surface area contributed by atoms with Gasteiger partial charge in [0, 0.05) is 12.0 Å². The van der Waals surface area contributed by atoms with E-state index >= 15 is 0 Å². The van der Waals surface area contributed by atoms with Crippen molar-refractivity contribution >= 4 is 17.9 Å². The van der Waals surface area contributed by atoms with E-state index in [1.54, 1.807) is 0 Å². The molecule has 1 aliphatic carbocycles. The molecule has 0 amide bonds. The Labute approximate surface area is 159 Å². The lowest BCUT2D eigenvalue weighted by Crippen LogP contribution is -2.55. The molecular formula is C19H20O9. The van der Waals surface area contributed by atoms with Gasteiger partial charge in [-0.1, -0.05) is 20.8 Å². The van der Waals surface area contributed by atoms with Crippen LogP contribution < -0.4 is 0 Å². The maximum atomic E-state index is 12.6. The maximum Gasteiger partial charge on any atom is 0.338 e. The maximum absolute atomic E-state index is 12.6. The predicted octanol–water partition coefficient (Wildman–Crippen LogP) is -0.439. The van der Waals surface area contributed by atoms with Gasteiger partial charge in [-0.05, 0) is 17.6 Å². The van der Waals surface area contributed by atoms with Crippen molar-refractivity contribution in [2.45, 2.75) is 51.5 Å². The van der Waals surface area contributed by atoms with Crippen molar-refractivity contribution in [1.29, 1.82) is 0 Å². The fourth-order valence-electron chi connectivity index (χ4n) is 6.12. The molecule has 0 aromatic heterocycles. The van der Waals surface area contributed by atoms with Crippen molar-refractivity contribution in [3.8, 4) is 0 Å². The highest BCUT2D eigenvalue weighted by atomic mass is 16.7. The summed E-state index contributed by atoms with van der Waals surface area (Å²) in [7, 11) is 0. The molecule has 4 fully saturated rings. The third kappa shape index (κ3) is 1.72. The highest BCUT2D eigenvalue weighted by molar-refractivity contribution is 5.88. The van der Waals surface area contributed by atoms with Crippen LogP contribution in [0.15, 0.2) is 24.0 Å². The van der Waals surface area contributed by atoms with E-state index in [-0.39, 0.29) is 5.76 Å². The fraction of sp³-hybridized carbons (Fsp3) is 0.632. The molecule has 4 aliphatic heterocycles. The van der Waals surface area contributed by atoms with Crippen LogP contribution in [0.3, 0.4) is 0 Å². The lowest BCUT2D eigenvalue weighted by Gasteiger charge is -2.44. The molecule has 4 heterocycles. The number of carbonyl (C=O) groups excluding carboxylic acids is 3. The topological polar surface area (TPSA) is 129 Å². The number of ether oxygens (including phenoxy) is 4. The van der Waals surface area contributed by atoms with Gasteiger partial charge in [0.25, 0.3) is 0 Å². The number of rotatable bonds is 1. The molecule has 0 bridgehead atoms. The van der Waals surface area contributed by atoms with Gasteiger partial charge in [-0.2, -0.15) is 0 Å². The summed E-state index contributed by atoms with van der Waals surface area (Å²) in [6.45, 7) is 5.57. The number of esters is 3. The number of carbonyl (C=O) groups is 3. The number of hydrogen-bond donors (Lipinski definition) is 2. The first-order valence-electron chi connectivity index (χ1n) is 9.10. The number of allylic oxidation sites excluding steroid dienone is 1. The van der Waals surface area contributed by atoms with E-state index in [1.165, 1.54) is 18.2 Å². The Bertz CT molecular complexity index is 867. The third-order valence-corrected chi connectivity index (χ3v) is 6.74. The average Bonchev–Trinajstić information content (AvgIpc) is 3.29. The standard InChI is InChI=1S/C19H20O9/c1-17(2,3)10-9(21)12-18(6-7-4-5-8(20)25-7)13(15(24)26-12)27-16-19(10,18)11(22)14(23)28-16/h4-6,9-13,16,21-22H,1-3H3/b7-6+/t9-,10+,11+,12?,13?,16?,18?,19?/m1/s1. The van der Waals surface area contributed by atoms with E-state index in [9.17, 15) is 24.6 Å². The second-order valence-corrected chi connectivity index (χ2v) is 9.05. The van der Waals surface area contributed by atoms with Gasteiger partial charge in [0.1, 0.15) is 11.9 Å². The minimum absolute atomic E-state index is 0.134. The summed E-state index contributed by atoms with van der Waals surface area (Å²) in [5.41, 5.74) is -3.55. The van der Waals surface area contributed by atoms with E-state index in [1.807, 2.05) is 20.8 Å². The second-order valence-electron chi connectivity index (χ2n) is 9.05. The molecule has 3 saturated heterocycles. The lowest BCUT2D eigenvalue weighted by atomic mass is 9.54. The van der Waals surface area contributed by atoms with Crippen molar-refractivity contribution < 1.29 is 43.5 Å². The van der Waals surface area contributed by atoms with Crippen molar-refractivity contribution in [1.82, 2.24) is 0 Å². The molecule has 5 aliphatic rings. The van der Waals surface area contributed by atoms with Gasteiger partial charge in [0.05, 0.1) is 16.9 Å². The minimum atomic E-state index is -1.65. The van der Waals surface area contributed by atoms with Gasteiger partial charge in [-0.3, -0.25) is 0 Å². The zero-order chi connectivity index (χ0) is 20.2. The molecule has 0 radical (unpaired) electrons. The second kappa shape index (κ2) is 5.03. The van der Waals surface area contributed by atoms with Gasteiger partial charge in [0.2, 0.25) is 6.29 Å². The minimum Gasteiger partial charge on any atom is -0.457 e. The quantitative estimate of drug-likeness (QED) is 0.451. The largest absolute Gasteiger partial charge is 0.457 e. The zero-order valence-corrected chi connectivity index (χ0v) is 15.4. The highest BCUT2D eigenvalue weighted by Gasteiger charge is 2.90. The Morgan fingerprint density at radius 3 is 2.39 bits per heavy atom. The zero-order valence-electron chi connectivity index (χ0n) is 15.4. The summed E-state index contributed by atoms with van der Waals surface area (Å²) < 4.78 is 21.7. The van der Waals surface area contributed by atoms with Crippen LogP contribution in [0.2, 0.25) is 0 Å². The van der Waals surface area contributed by atoms with Gasteiger partial charge in [-0.15, -0.1) is 0 Å². The Balaban J connectivity index is 1.81. The first-order valence-corrected chi connectivity index (χ1v) is 9.10. The van der Waals surface area contributed by atoms with Crippen molar-refractivity contribution in [2.24, 2.45) is 22.2 Å². The van der Waals surface area contributed by atoms with E-state index in [0.717, 1.165) is 0 Å². The summed E-state index contributed by atoms with van der Waals surface area (Å²) in [4.78, 5) is 36.5. The molecule has 9 heteroatoms. The Hall–Kier alpha value is -2.23. The number of aliphatic hydroxyl groups is 2. The summed E-state index contributed by atoms with van der Waals surface area (Å²) in [6, 6.07) is 0. The fourth-order valence-corrected chi connectivity index (χ4v) is 6.12. The van der Waals surface area contributed by atoms with Crippen LogP contribution in [0.25, 0.3) is 0 Å². The number of hydrogen-bond acceptors (Lipinski definition) is 9. The van der Waals surface area contributed by atoms with Crippen molar-refractivity contribution in [3.63, 3.8) is 0 Å². The van der Waals surface area contributed by atoms with E-state index in [4.69, 9.17) is 18.9 Å². The molecule has 5 unspecified atom stereocenters. The van der Waals surface area contributed by atoms with Gasteiger partial charge in [0.15, 0.2) is 12.2 Å². The van der Waals surface area contributed by atoms with Gasteiger partial charge in [-0.25, -0.2) is 14.4 Å². The van der Waals surface area contributed by atoms with Crippen LogP contribution in [0.5, 0.6) is 0 Å². The first kappa shape index (κ1) is 17.8. The van der Waals surface area contributed by atoms with Gasteiger partial charge < -0.3 is 29.2 Å². The molecule has 5 rings (SSSR count). The van der Waals surface area contributed by atoms with E-state index in [2.05, 4.69) is 0 Å². The molecular weight excluding hydrogens is 372 g/mol. The van der Waals surface area contributed by atoms with E-state index < -0.39 is 70.8 Å². The number of aliphatic hydroxyl groups excluding tert-OH is 2. The van der Waals surface area contributed by atoms with Crippen molar-refractivity contribution in [3.05, 3.63) is 24.0 Å². The summed E-state index contributed by atoms with van der Waals surface area (Å²) in [5.74, 6) is -2.78. The lowest BCUT2D eigenvalue weighted by molar-refractivity contribution is -0.180. The smallest absolute Gasteiger partial charge is 0.338 e. The number of cyclic esters (lactones) is 1. The Morgan fingerprint density at radius 2 is 1.79 bits per heavy atom. The van der Waals surface area contributed by atoms with Crippen molar-refractivity contribution in [2.75, 3.05) is 0 Å². The summed E-state index contributed by atoms with van der Waals surface area (Å²) >= 11 is 0. The van der Waals surface area contributed by atoms with Crippen LogP contribution in [-0.4, -0.2) is 58.8 Å². The Morgan fingerprint density at radius 1 is 1.07 bits per heavy atom. The molecule has 2 N–H and O–H groups in total. The third-order valence-electron chi connectivity index (χ3n) is 6.74. The summed E-state index contributed by atoms with van der Waals surface area (Å²) in [5, 5.41) is 22.2. The molecule has 8 atom stereocenters. The van der Waals surface area contributed by atoms with Crippen LogP contribution in [0.4, 0.5) is 0 Å². The molecule has 1 saturated carbocycles. The highest BCUT2D eigenvalue weighted by Crippen LogP contribution is 2.75. The predicted molar refractivity (Wildman–Crippen MR) is 87.8 cm³/mol. The molecule has 0 aromatic carbocycles. The SMILES string of the molecule is CC(C)(C)[C@@H]1[C@@H](O)C2OC(=O)C3OC4OC(=O)[C@H](O)C41C32/C=C1\C=CC(=O)O1. The molecule has 150 valence electrons. The molecule has 9 nitrogen and oxygen atoms in total. The van der Waals surface area contributed by atoms with Crippen LogP contribution in [-0.2, 0) is 33.3 Å². The molecule has 1 spiro atoms. The average molecular weight is 392 g/mol. The first-order chi connectivity index (χ1) is 13.0. The molecule has 28 heavy (non-hydrogen) atoms. The van der Waals surface area contributed by atoms with Crippen LogP contribution >= 0.6 is 0 Å². The van der Waals surface area contributed by atoms with Gasteiger partial charge >= 0.3 is 17.9 Å². The monoisotopic (exact) mass is 392 g/mol. The van der Waals surface area contributed by atoms with Crippen LogP contribution in [0.1, 0.15) is 20.8 Å². The van der Waals surface area contributed by atoms with E-state index in [0.29, 0.717) is 0 Å². The Kier molecular flexibility index (Phi) is 3.20. The normalized spacial score (nSPS) is 50.0. The summed E-state index contributed by atoms with van der Waals surface area (Å²) in [6.07, 6.45) is -2.28.